The van der Waals surface area contributed by atoms with Crippen LogP contribution in [0.3, 0.4) is 0 Å². The van der Waals surface area contributed by atoms with Gasteiger partial charge in [-0.05, 0) is 31.0 Å². The minimum Gasteiger partial charge on any atom is -0.395 e. The summed E-state index contributed by atoms with van der Waals surface area (Å²) >= 11 is 7.52. The molecule has 1 aromatic rings. The van der Waals surface area contributed by atoms with Gasteiger partial charge in [-0.1, -0.05) is 24.6 Å². The van der Waals surface area contributed by atoms with Crippen LogP contribution in [0.5, 0.6) is 0 Å². The van der Waals surface area contributed by atoms with Crippen LogP contribution in [0, 0.1) is 13.8 Å². The second kappa shape index (κ2) is 7.02. The number of carbonyl (C=O) groups excluding carboxylic acids is 1. The van der Waals surface area contributed by atoms with Crippen LogP contribution in [-0.4, -0.2) is 28.6 Å². The standard InChI is InChI=1S/C13H18ClNO2S/c1-8-4-9(2)13(11(14)5-8)15-12(17)7-18-10(3)6-16/h4-5,10,16H,6-7H2,1-3H3,(H,15,17). The Balaban J connectivity index is 2.65. The van der Waals surface area contributed by atoms with E-state index in [1.54, 1.807) is 0 Å². The Morgan fingerprint density at radius 1 is 1.50 bits per heavy atom. The van der Waals surface area contributed by atoms with Crippen LogP contribution in [0.25, 0.3) is 0 Å². The Morgan fingerprint density at radius 3 is 2.72 bits per heavy atom. The first-order valence-electron chi connectivity index (χ1n) is 5.73. The molecule has 0 saturated heterocycles. The van der Waals surface area contributed by atoms with E-state index < -0.39 is 0 Å². The third-order valence-corrected chi connectivity index (χ3v) is 3.90. The number of aryl methyl sites for hydroxylation is 2. The highest BCUT2D eigenvalue weighted by atomic mass is 35.5. The first-order valence-corrected chi connectivity index (χ1v) is 7.15. The summed E-state index contributed by atoms with van der Waals surface area (Å²) in [6.45, 7) is 5.82. The van der Waals surface area contributed by atoms with Gasteiger partial charge in [-0.15, -0.1) is 11.8 Å². The number of aliphatic hydroxyl groups is 1. The summed E-state index contributed by atoms with van der Waals surface area (Å²) in [4.78, 5) is 11.7. The third kappa shape index (κ3) is 4.52. The van der Waals surface area contributed by atoms with Crippen LogP contribution in [0.1, 0.15) is 18.1 Å². The van der Waals surface area contributed by atoms with E-state index >= 15 is 0 Å². The zero-order valence-electron chi connectivity index (χ0n) is 10.8. The van der Waals surface area contributed by atoms with Gasteiger partial charge in [0.1, 0.15) is 0 Å². The molecule has 0 aliphatic heterocycles. The highest BCUT2D eigenvalue weighted by Crippen LogP contribution is 2.27. The number of rotatable bonds is 5. The molecule has 0 radical (unpaired) electrons. The van der Waals surface area contributed by atoms with Crippen molar-refractivity contribution in [2.45, 2.75) is 26.0 Å². The Morgan fingerprint density at radius 2 is 2.17 bits per heavy atom. The third-order valence-electron chi connectivity index (χ3n) is 2.45. The molecule has 0 aromatic heterocycles. The van der Waals surface area contributed by atoms with Gasteiger partial charge in [0, 0.05) is 5.25 Å². The predicted molar refractivity (Wildman–Crippen MR) is 78.6 cm³/mol. The molecule has 100 valence electrons. The molecule has 5 heteroatoms. The number of anilines is 1. The molecule has 1 aromatic carbocycles. The normalized spacial score (nSPS) is 12.3. The molecule has 0 heterocycles. The molecular formula is C13H18ClNO2S. The van der Waals surface area contributed by atoms with Crippen molar-refractivity contribution in [2.24, 2.45) is 0 Å². The lowest BCUT2D eigenvalue weighted by Gasteiger charge is -2.12. The van der Waals surface area contributed by atoms with Crippen molar-refractivity contribution in [1.82, 2.24) is 0 Å². The van der Waals surface area contributed by atoms with E-state index in [0.717, 1.165) is 11.1 Å². The van der Waals surface area contributed by atoms with Crippen LogP contribution >= 0.6 is 23.4 Å². The molecule has 1 amide bonds. The van der Waals surface area contributed by atoms with Crippen molar-refractivity contribution < 1.29 is 9.90 Å². The lowest BCUT2D eigenvalue weighted by molar-refractivity contribution is -0.113. The first kappa shape index (κ1) is 15.3. The summed E-state index contributed by atoms with van der Waals surface area (Å²) < 4.78 is 0. The highest BCUT2D eigenvalue weighted by molar-refractivity contribution is 8.00. The minimum absolute atomic E-state index is 0.0605. The van der Waals surface area contributed by atoms with E-state index in [0.29, 0.717) is 16.5 Å². The van der Waals surface area contributed by atoms with Gasteiger partial charge in [-0.3, -0.25) is 4.79 Å². The van der Waals surface area contributed by atoms with E-state index in [1.165, 1.54) is 11.8 Å². The zero-order chi connectivity index (χ0) is 13.7. The van der Waals surface area contributed by atoms with Gasteiger partial charge >= 0.3 is 0 Å². The van der Waals surface area contributed by atoms with Crippen molar-refractivity contribution in [2.75, 3.05) is 17.7 Å². The Kier molecular flexibility index (Phi) is 5.99. The molecule has 0 bridgehead atoms. The molecular weight excluding hydrogens is 270 g/mol. The number of hydrogen-bond donors (Lipinski definition) is 2. The lowest BCUT2D eigenvalue weighted by atomic mass is 10.1. The second-order valence-corrected chi connectivity index (χ2v) is 6.12. The molecule has 1 rings (SSSR count). The summed E-state index contributed by atoms with van der Waals surface area (Å²) in [7, 11) is 0. The van der Waals surface area contributed by atoms with Gasteiger partial charge in [0.2, 0.25) is 5.91 Å². The number of amides is 1. The number of hydrogen-bond acceptors (Lipinski definition) is 3. The average molecular weight is 288 g/mol. The molecule has 1 unspecified atom stereocenters. The molecule has 18 heavy (non-hydrogen) atoms. The van der Waals surface area contributed by atoms with E-state index in [-0.39, 0.29) is 17.8 Å². The molecule has 0 fully saturated rings. The van der Waals surface area contributed by atoms with Crippen molar-refractivity contribution in [3.8, 4) is 0 Å². The number of carbonyl (C=O) groups is 1. The molecule has 3 nitrogen and oxygen atoms in total. The maximum absolute atomic E-state index is 11.7. The fourth-order valence-corrected chi connectivity index (χ4v) is 2.50. The minimum atomic E-state index is -0.103. The average Bonchev–Trinajstić information content (AvgIpc) is 2.30. The first-order chi connectivity index (χ1) is 8.43. The van der Waals surface area contributed by atoms with Crippen molar-refractivity contribution in [1.29, 1.82) is 0 Å². The predicted octanol–water partition coefficient (Wildman–Crippen LogP) is 3.01. The van der Waals surface area contributed by atoms with Gasteiger partial charge in [0.15, 0.2) is 0 Å². The van der Waals surface area contributed by atoms with Crippen molar-refractivity contribution in [3.63, 3.8) is 0 Å². The van der Waals surface area contributed by atoms with Gasteiger partial charge in [0.05, 0.1) is 23.1 Å². The van der Waals surface area contributed by atoms with E-state index in [4.69, 9.17) is 16.7 Å². The molecule has 1 atom stereocenters. The number of halogens is 1. The van der Waals surface area contributed by atoms with Crippen LogP contribution in [0.4, 0.5) is 5.69 Å². The summed E-state index contributed by atoms with van der Waals surface area (Å²) in [5, 5.41) is 12.3. The summed E-state index contributed by atoms with van der Waals surface area (Å²) in [6.07, 6.45) is 0. The number of thioether (sulfide) groups is 1. The van der Waals surface area contributed by atoms with Gasteiger partial charge < -0.3 is 10.4 Å². The van der Waals surface area contributed by atoms with Crippen LogP contribution in [0.2, 0.25) is 5.02 Å². The maximum Gasteiger partial charge on any atom is 0.234 e. The zero-order valence-corrected chi connectivity index (χ0v) is 12.4. The number of nitrogens with one attached hydrogen (secondary N) is 1. The van der Waals surface area contributed by atoms with E-state index in [9.17, 15) is 4.79 Å². The largest absolute Gasteiger partial charge is 0.395 e. The van der Waals surface area contributed by atoms with Crippen LogP contribution in [0.15, 0.2) is 12.1 Å². The fourth-order valence-electron chi connectivity index (χ4n) is 1.52. The maximum atomic E-state index is 11.7. The van der Waals surface area contributed by atoms with Crippen molar-refractivity contribution >= 4 is 35.0 Å². The Labute approximate surface area is 117 Å². The highest BCUT2D eigenvalue weighted by Gasteiger charge is 2.11. The summed E-state index contributed by atoms with van der Waals surface area (Å²) in [6, 6.07) is 3.80. The summed E-state index contributed by atoms with van der Waals surface area (Å²) in [5.41, 5.74) is 2.69. The van der Waals surface area contributed by atoms with E-state index in [1.807, 2.05) is 32.9 Å². The SMILES string of the molecule is Cc1cc(C)c(NC(=O)CSC(C)CO)c(Cl)c1. The van der Waals surface area contributed by atoms with Crippen LogP contribution < -0.4 is 5.32 Å². The smallest absolute Gasteiger partial charge is 0.234 e. The molecule has 0 aliphatic carbocycles. The summed E-state index contributed by atoms with van der Waals surface area (Å²) in [5.74, 6) is 0.208. The number of benzene rings is 1. The molecule has 0 spiro atoms. The van der Waals surface area contributed by atoms with Gasteiger partial charge in [-0.2, -0.15) is 0 Å². The van der Waals surface area contributed by atoms with Gasteiger partial charge in [-0.25, -0.2) is 0 Å². The topological polar surface area (TPSA) is 49.3 Å². The van der Waals surface area contributed by atoms with Crippen LogP contribution in [-0.2, 0) is 4.79 Å². The molecule has 0 saturated carbocycles. The van der Waals surface area contributed by atoms with Crippen molar-refractivity contribution in [3.05, 3.63) is 28.3 Å². The second-order valence-electron chi connectivity index (χ2n) is 4.29. The quantitative estimate of drug-likeness (QED) is 0.875. The lowest BCUT2D eigenvalue weighted by Crippen LogP contribution is -2.17. The Bertz CT molecular complexity index is 414. The molecule has 2 N–H and O–H groups in total. The number of aliphatic hydroxyl groups excluding tert-OH is 1. The molecule has 0 aliphatic rings. The fraction of sp³-hybridized carbons (Fsp3) is 0.462. The van der Waals surface area contributed by atoms with Gasteiger partial charge in [0.25, 0.3) is 0 Å². The Hall–Kier alpha value is -0.710. The monoisotopic (exact) mass is 287 g/mol. The van der Waals surface area contributed by atoms with E-state index in [2.05, 4.69) is 5.32 Å².